The zero-order valence-corrected chi connectivity index (χ0v) is 14.2. The highest BCUT2D eigenvalue weighted by molar-refractivity contribution is 7.16. The number of carbonyl (C=O) groups is 1. The summed E-state index contributed by atoms with van der Waals surface area (Å²) in [6.07, 6.45) is 6.11. The van der Waals surface area contributed by atoms with Crippen LogP contribution in [0.4, 0.5) is 0 Å². The molecule has 24 heavy (non-hydrogen) atoms. The first-order valence-electron chi connectivity index (χ1n) is 8.43. The van der Waals surface area contributed by atoms with Gasteiger partial charge < -0.3 is 14.4 Å². The molecule has 0 radical (unpaired) electrons. The Hall–Kier alpha value is -1.70. The predicted octanol–water partition coefficient (Wildman–Crippen LogP) is 2.07. The molecule has 4 rings (SSSR count). The van der Waals surface area contributed by atoms with E-state index in [9.17, 15) is 9.90 Å². The Morgan fingerprint density at radius 2 is 2.12 bits per heavy atom. The molecule has 1 saturated heterocycles. The Labute approximate surface area is 144 Å². The maximum Gasteiger partial charge on any atom is 0.265 e. The van der Waals surface area contributed by atoms with Gasteiger partial charge in [0.2, 0.25) is 0 Å². The monoisotopic (exact) mass is 347 g/mol. The van der Waals surface area contributed by atoms with E-state index in [0.29, 0.717) is 23.7 Å². The van der Waals surface area contributed by atoms with E-state index in [1.165, 1.54) is 11.3 Å². The highest BCUT2D eigenvalue weighted by Crippen LogP contribution is 2.28. The average molecular weight is 347 g/mol. The second-order valence-corrected chi connectivity index (χ2v) is 7.43. The standard InChI is InChI=1S/C17H21N3O3S/c21-13-4-1-3-12(13)19-6-8-20(9-7-19)17(22)15-11-18-16(24-15)14-5-2-10-23-14/h2,5,10-13,21H,1,3-4,6-9H2. The fourth-order valence-electron chi connectivity index (χ4n) is 3.65. The van der Waals surface area contributed by atoms with Gasteiger partial charge in [0.15, 0.2) is 10.8 Å². The smallest absolute Gasteiger partial charge is 0.265 e. The molecular formula is C17H21N3O3S. The van der Waals surface area contributed by atoms with Crippen molar-refractivity contribution < 1.29 is 14.3 Å². The molecule has 2 aliphatic rings. The maximum atomic E-state index is 12.7. The van der Waals surface area contributed by atoms with Gasteiger partial charge in [-0.3, -0.25) is 9.69 Å². The van der Waals surface area contributed by atoms with Crippen LogP contribution in [0.25, 0.3) is 10.8 Å². The molecule has 1 aliphatic carbocycles. The van der Waals surface area contributed by atoms with Gasteiger partial charge in [0.25, 0.3) is 5.91 Å². The van der Waals surface area contributed by atoms with Crippen LogP contribution in [0.3, 0.4) is 0 Å². The Bertz CT molecular complexity index is 692. The van der Waals surface area contributed by atoms with Gasteiger partial charge in [-0.1, -0.05) is 0 Å². The van der Waals surface area contributed by atoms with Crippen molar-refractivity contribution in [1.29, 1.82) is 0 Å². The molecule has 1 aliphatic heterocycles. The van der Waals surface area contributed by atoms with E-state index < -0.39 is 0 Å². The molecule has 0 bridgehead atoms. The molecule has 6 nitrogen and oxygen atoms in total. The molecule has 2 unspecified atom stereocenters. The first-order chi connectivity index (χ1) is 11.7. The largest absolute Gasteiger partial charge is 0.462 e. The Morgan fingerprint density at radius 3 is 2.79 bits per heavy atom. The topological polar surface area (TPSA) is 69.8 Å². The molecule has 2 fully saturated rings. The third-order valence-corrected chi connectivity index (χ3v) is 5.96. The second-order valence-electron chi connectivity index (χ2n) is 6.40. The lowest BCUT2D eigenvalue weighted by Gasteiger charge is -2.38. The van der Waals surface area contributed by atoms with Crippen LogP contribution in [-0.4, -0.2) is 64.1 Å². The van der Waals surface area contributed by atoms with E-state index in [-0.39, 0.29) is 18.1 Å². The van der Waals surface area contributed by atoms with Crippen molar-refractivity contribution in [3.8, 4) is 10.8 Å². The summed E-state index contributed by atoms with van der Waals surface area (Å²) >= 11 is 1.37. The van der Waals surface area contributed by atoms with Gasteiger partial charge in [0.1, 0.15) is 4.88 Å². The lowest BCUT2D eigenvalue weighted by molar-refractivity contribution is 0.0317. The number of aromatic nitrogens is 1. The number of carbonyl (C=O) groups excluding carboxylic acids is 1. The third kappa shape index (κ3) is 2.99. The number of nitrogens with zero attached hydrogens (tertiary/aromatic N) is 3. The van der Waals surface area contributed by atoms with E-state index >= 15 is 0 Å². The van der Waals surface area contributed by atoms with E-state index in [0.717, 1.165) is 37.4 Å². The van der Waals surface area contributed by atoms with Gasteiger partial charge in [-0.15, -0.1) is 11.3 Å². The van der Waals surface area contributed by atoms with Crippen LogP contribution in [0.5, 0.6) is 0 Å². The third-order valence-electron chi connectivity index (χ3n) is 4.96. The lowest BCUT2D eigenvalue weighted by atomic mass is 10.1. The number of hydrogen-bond acceptors (Lipinski definition) is 6. The second kappa shape index (κ2) is 6.66. The number of piperazine rings is 1. The van der Waals surface area contributed by atoms with Gasteiger partial charge in [-0.2, -0.15) is 0 Å². The lowest BCUT2D eigenvalue weighted by Crippen LogP contribution is -2.53. The number of hydrogen-bond donors (Lipinski definition) is 1. The number of aliphatic hydroxyl groups is 1. The number of amides is 1. The van der Waals surface area contributed by atoms with Crippen molar-refractivity contribution in [2.75, 3.05) is 26.2 Å². The molecule has 2 aromatic rings. The summed E-state index contributed by atoms with van der Waals surface area (Å²) in [6.45, 7) is 3.07. The molecular weight excluding hydrogens is 326 g/mol. The quantitative estimate of drug-likeness (QED) is 0.920. The van der Waals surface area contributed by atoms with Crippen LogP contribution < -0.4 is 0 Å². The Kier molecular flexibility index (Phi) is 4.39. The minimum absolute atomic E-state index is 0.0388. The summed E-state index contributed by atoms with van der Waals surface area (Å²) in [5.74, 6) is 0.732. The van der Waals surface area contributed by atoms with Crippen molar-refractivity contribution in [3.05, 3.63) is 29.5 Å². The van der Waals surface area contributed by atoms with Crippen LogP contribution in [0.15, 0.2) is 29.0 Å². The molecule has 1 saturated carbocycles. The first-order valence-corrected chi connectivity index (χ1v) is 9.25. The van der Waals surface area contributed by atoms with Gasteiger partial charge >= 0.3 is 0 Å². The molecule has 7 heteroatoms. The fraction of sp³-hybridized carbons (Fsp3) is 0.529. The molecule has 128 valence electrons. The van der Waals surface area contributed by atoms with Gasteiger partial charge in [0.05, 0.1) is 18.6 Å². The zero-order valence-electron chi connectivity index (χ0n) is 13.4. The van der Waals surface area contributed by atoms with Crippen LogP contribution in [0.2, 0.25) is 0 Å². The van der Waals surface area contributed by atoms with E-state index in [2.05, 4.69) is 9.88 Å². The number of aliphatic hydroxyl groups excluding tert-OH is 1. The normalized spacial score (nSPS) is 25.3. The summed E-state index contributed by atoms with van der Waals surface area (Å²) in [5, 5.41) is 10.8. The van der Waals surface area contributed by atoms with Crippen LogP contribution >= 0.6 is 11.3 Å². The summed E-state index contributed by atoms with van der Waals surface area (Å²) in [6, 6.07) is 3.93. The Morgan fingerprint density at radius 1 is 1.29 bits per heavy atom. The SMILES string of the molecule is O=C(c1cnc(-c2ccco2)s1)N1CCN(C2CCCC2O)CC1. The van der Waals surface area contributed by atoms with Crippen LogP contribution in [-0.2, 0) is 0 Å². The van der Waals surface area contributed by atoms with Gasteiger partial charge in [-0.05, 0) is 31.4 Å². The minimum atomic E-state index is -0.204. The Balaban J connectivity index is 1.38. The molecule has 3 heterocycles. The van der Waals surface area contributed by atoms with E-state index in [1.807, 2.05) is 17.0 Å². The number of furan rings is 1. The molecule has 0 aromatic carbocycles. The summed E-state index contributed by atoms with van der Waals surface area (Å²) in [7, 11) is 0. The molecule has 1 N–H and O–H groups in total. The number of thiazole rings is 1. The highest BCUT2D eigenvalue weighted by atomic mass is 32.1. The predicted molar refractivity (Wildman–Crippen MR) is 90.9 cm³/mol. The molecule has 0 spiro atoms. The summed E-state index contributed by atoms with van der Waals surface area (Å²) < 4.78 is 5.33. The van der Waals surface area contributed by atoms with Crippen LogP contribution in [0.1, 0.15) is 28.9 Å². The average Bonchev–Trinajstić information content (AvgIpc) is 3.35. The minimum Gasteiger partial charge on any atom is -0.462 e. The highest BCUT2D eigenvalue weighted by Gasteiger charge is 2.33. The van der Waals surface area contributed by atoms with Crippen LogP contribution in [0, 0.1) is 0 Å². The molecule has 2 aromatic heterocycles. The van der Waals surface area contributed by atoms with E-state index in [1.54, 1.807) is 12.5 Å². The van der Waals surface area contributed by atoms with Crippen molar-refractivity contribution in [2.24, 2.45) is 0 Å². The van der Waals surface area contributed by atoms with E-state index in [4.69, 9.17) is 4.42 Å². The fourth-order valence-corrected chi connectivity index (χ4v) is 4.50. The summed E-state index contributed by atoms with van der Waals surface area (Å²) in [4.78, 5) is 21.8. The zero-order chi connectivity index (χ0) is 16.5. The van der Waals surface area contributed by atoms with Crippen molar-refractivity contribution in [2.45, 2.75) is 31.4 Å². The van der Waals surface area contributed by atoms with Gasteiger partial charge in [0, 0.05) is 32.2 Å². The first kappa shape index (κ1) is 15.8. The van der Waals surface area contributed by atoms with Crippen molar-refractivity contribution in [3.63, 3.8) is 0 Å². The van der Waals surface area contributed by atoms with Crippen molar-refractivity contribution >= 4 is 17.2 Å². The number of rotatable bonds is 3. The molecule has 1 amide bonds. The van der Waals surface area contributed by atoms with Gasteiger partial charge in [-0.25, -0.2) is 4.98 Å². The molecule has 2 atom stereocenters. The maximum absolute atomic E-state index is 12.7. The van der Waals surface area contributed by atoms with Crippen molar-refractivity contribution in [1.82, 2.24) is 14.8 Å². The summed E-state index contributed by atoms with van der Waals surface area (Å²) in [5.41, 5.74) is 0.